The van der Waals surface area contributed by atoms with E-state index in [4.69, 9.17) is 0 Å². The van der Waals surface area contributed by atoms with E-state index >= 15 is 0 Å². The number of benzene rings is 2. The van der Waals surface area contributed by atoms with Gasteiger partial charge in [-0.15, -0.1) is 0 Å². The first-order chi connectivity index (χ1) is 12.4. The number of aromatic hydroxyl groups is 2. The van der Waals surface area contributed by atoms with Gasteiger partial charge in [-0.25, -0.2) is 10.9 Å². The fraction of sp³-hybridized carbons (Fsp3) is 0. The Bertz CT molecular complexity index is 826. The van der Waals surface area contributed by atoms with Crippen molar-refractivity contribution in [2.45, 2.75) is 0 Å². The molecule has 2 aromatic rings. The average Bonchev–Trinajstić information content (AvgIpc) is 2.60. The highest BCUT2D eigenvalue weighted by Crippen LogP contribution is 2.20. The molecule has 0 saturated carbocycles. The lowest BCUT2D eigenvalue weighted by atomic mass is 10.2. The van der Waals surface area contributed by atoms with Crippen LogP contribution in [-0.2, 0) is 9.59 Å². The molecule has 2 amide bonds. The molecule has 134 valence electrons. The fourth-order valence-electron chi connectivity index (χ4n) is 1.68. The van der Waals surface area contributed by atoms with Crippen molar-refractivity contribution in [1.29, 1.82) is 0 Å². The van der Waals surface area contributed by atoms with Crippen LogP contribution in [0.5, 0.6) is 11.5 Å². The maximum absolute atomic E-state index is 11.6. The minimum absolute atomic E-state index is 0.0333. The zero-order valence-corrected chi connectivity index (χ0v) is 16.2. The zero-order valence-electron chi connectivity index (χ0n) is 13.0. The van der Waals surface area contributed by atoms with E-state index in [1.807, 2.05) is 10.9 Å². The molecule has 0 atom stereocenters. The van der Waals surface area contributed by atoms with E-state index in [-0.39, 0.29) is 11.5 Å². The van der Waals surface area contributed by atoms with Gasteiger partial charge in [0.05, 0.1) is 12.4 Å². The lowest BCUT2D eigenvalue weighted by Gasteiger charge is -2.01. The van der Waals surface area contributed by atoms with Gasteiger partial charge in [-0.3, -0.25) is 9.59 Å². The lowest BCUT2D eigenvalue weighted by molar-refractivity contribution is -0.139. The number of amides is 2. The van der Waals surface area contributed by atoms with Crippen LogP contribution < -0.4 is 10.9 Å². The number of nitrogens with one attached hydrogen (secondary N) is 2. The van der Waals surface area contributed by atoms with E-state index in [1.165, 1.54) is 24.6 Å². The Morgan fingerprint density at radius 3 is 1.58 bits per heavy atom. The molecule has 0 radical (unpaired) electrons. The van der Waals surface area contributed by atoms with Crippen LogP contribution in [0.1, 0.15) is 11.1 Å². The summed E-state index contributed by atoms with van der Waals surface area (Å²) in [6.07, 6.45) is 2.38. The van der Waals surface area contributed by atoms with E-state index in [9.17, 15) is 19.8 Å². The molecule has 10 heteroatoms. The first kappa shape index (κ1) is 19.6. The van der Waals surface area contributed by atoms with Crippen molar-refractivity contribution >= 4 is 56.1 Å². The van der Waals surface area contributed by atoms with Gasteiger partial charge in [0.15, 0.2) is 0 Å². The molecule has 0 heterocycles. The Hall–Kier alpha value is -2.72. The number of nitrogens with zero attached hydrogens (tertiary/aromatic N) is 2. The Labute approximate surface area is 164 Å². The highest BCUT2D eigenvalue weighted by Gasteiger charge is 2.11. The highest BCUT2D eigenvalue weighted by molar-refractivity contribution is 9.10. The Kier molecular flexibility index (Phi) is 6.87. The fourth-order valence-corrected chi connectivity index (χ4v) is 2.44. The van der Waals surface area contributed by atoms with E-state index in [0.717, 1.165) is 0 Å². The molecule has 0 aromatic heterocycles. The molecule has 0 spiro atoms. The zero-order chi connectivity index (χ0) is 19.1. The summed E-state index contributed by atoms with van der Waals surface area (Å²) in [7, 11) is 0. The summed E-state index contributed by atoms with van der Waals surface area (Å²) in [6, 6.07) is 9.34. The summed E-state index contributed by atoms with van der Waals surface area (Å²) >= 11 is 6.47. The number of carbonyl (C=O) groups is 2. The number of hydrazone groups is 2. The Balaban J connectivity index is 1.90. The van der Waals surface area contributed by atoms with Crippen LogP contribution in [0.15, 0.2) is 55.5 Å². The molecule has 0 aliphatic heterocycles. The maximum atomic E-state index is 11.6. The first-order valence-electron chi connectivity index (χ1n) is 7.00. The van der Waals surface area contributed by atoms with Crippen molar-refractivity contribution in [3.05, 3.63) is 56.5 Å². The smallest absolute Gasteiger partial charge is 0.331 e. The minimum Gasteiger partial charge on any atom is -0.507 e. The van der Waals surface area contributed by atoms with Crippen molar-refractivity contribution in [1.82, 2.24) is 10.9 Å². The van der Waals surface area contributed by atoms with Crippen molar-refractivity contribution in [3.8, 4) is 11.5 Å². The second kappa shape index (κ2) is 9.11. The van der Waals surface area contributed by atoms with Crippen molar-refractivity contribution in [3.63, 3.8) is 0 Å². The van der Waals surface area contributed by atoms with Crippen LogP contribution in [0.4, 0.5) is 0 Å². The van der Waals surface area contributed by atoms with Crippen LogP contribution in [0.2, 0.25) is 0 Å². The number of phenolic OH excluding ortho intramolecular Hbond substituents is 2. The molecular formula is C16H12Br2N4O4. The van der Waals surface area contributed by atoms with Crippen LogP contribution in [-0.4, -0.2) is 34.5 Å². The predicted molar refractivity (Wildman–Crippen MR) is 103 cm³/mol. The third kappa shape index (κ3) is 5.67. The van der Waals surface area contributed by atoms with Crippen LogP contribution in [0.3, 0.4) is 0 Å². The largest absolute Gasteiger partial charge is 0.507 e. The monoisotopic (exact) mass is 482 g/mol. The van der Waals surface area contributed by atoms with Crippen molar-refractivity contribution in [2.24, 2.45) is 10.2 Å². The van der Waals surface area contributed by atoms with Crippen LogP contribution in [0.25, 0.3) is 0 Å². The molecular weight excluding hydrogens is 472 g/mol. The summed E-state index contributed by atoms with van der Waals surface area (Å²) in [5.41, 5.74) is 4.72. The predicted octanol–water partition coefficient (Wildman–Crippen LogP) is 2.22. The van der Waals surface area contributed by atoms with Crippen molar-refractivity contribution < 1.29 is 19.8 Å². The number of halogens is 2. The van der Waals surface area contributed by atoms with Gasteiger partial charge < -0.3 is 10.2 Å². The third-order valence-corrected chi connectivity index (χ3v) is 3.91. The lowest BCUT2D eigenvalue weighted by Crippen LogP contribution is -2.35. The van der Waals surface area contributed by atoms with Gasteiger partial charge in [0.1, 0.15) is 11.5 Å². The molecule has 0 fully saturated rings. The highest BCUT2D eigenvalue weighted by atomic mass is 79.9. The third-order valence-electron chi connectivity index (χ3n) is 2.92. The number of rotatable bonds is 4. The molecule has 0 aliphatic carbocycles. The standard InChI is InChI=1S/C16H12Br2N4O4/c17-11-1-3-13(23)9(5-11)7-19-21-15(25)16(26)22-20-8-10-6-12(18)2-4-14(10)24/h1-8,23-24H,(H,21,25)(H,22,26)/b19-7+,20-8+. The van der Waals surface area contributed by atoms with Crippen LogP contribution >= 0.6 is 31.9 Å². The summed E-state index contributed by atoms with van der Waals surface area (Å²) in [4.78, 5) is 23.2. The van der Waals surface area contributed by atoms with Gasteiger partial charge in [-0.05, 0) is 36.4 Å². The molecule has 2 aromatic carbocycles. The number of carbonyl (C=O) groups excluding carboxylic acids is 2. The number of hydrogen-bond donors (Lipinski definition) is 4. The molecule has 0 unspecified atom stereocenters. The number of hydrogen-bond acceptors (Lipinski definition) is 6. The topological polar surface area (TPSA) is 123 Å². The Morgan fingerprint density at radius 1 is 0.808 bits per heavy atom. The molecule has 8 nitrogen and oxygen atoms in total. The minimum atomic E-state index is -1.05. The maximum Gasteiger partial charge on any atom is 0.331 e. The normalized spacial score (nSPS) is 11.0. The Morgan fingerprint density at radius 2 is 1.19 bits per heavy atom. The van der Waals surface area contributed by atoms with E-state index in [0.29, 0.717) is 20.1 Å². The van der Waals surface area contributed by atoms with Gasteiger partial charge in [-0.2, -0.15) is 10.2 Å². The summed E-state index contributed by atoms with van der Waals surface area (Å²) < 4.78 is 1.43. The van der Waals surface area contributed by atoms with Crippen LogP contribution in [0, 0.1) is 0 Å². The van der Waals surface area contributed by atoms with Gasteiger partial charge in [-0.1, -0.05) is 31.9 Å². The van der Waals surface area contributed by atoms with Crippen molar-refractivity contribution in [2.75, 3.05) is 0 Å². The van der Waals surface area contributed by atoms with E-state index in [1.54, 1.807) is 24.3 Å². The second-order valence-electron chi connectivity index (χ2n) is 4.80. The average molecular weight is 484 g/mol. The van der Waals surface area contributed by atoms with E-state index in [2.05, 4.69) is 42.1 Å². The first-order valence-corrected chi connectivity index (χ1v) is 8.59. The van der Waals surface area contributed by atoms with Gasteiger partial charge in [0.25, 0.3) is 0 Å². The second-order valence-corrected chi connectivity index (χ2v) is 6.64. The van der Waals surface area contributed by atoms with Gasteiger partial charge >= 0.3 is 11.8 Å². The van der Waals surface area contributed by atoms with Gasteiger partial charge in [0, 0.05) is 20.1 Å². The summed E-state index contributed by atoms with van der Waals surface area (Å²) in [5, 5.41) is 26.4. The quantitative estimate of drug-likeness (QED) is 0.302. The van der Waals surface area contributed by atoms with E-state index < -0.39 is 11.8 Å². The van der Waals surface area contributed by atoms with Gasteiger partial charge in [0.2, 0.25) is 0 Å². The SMILES string of the molecule is O=C(N/N=C/c1cc(Br)ccc1O)C(=O)N/N=C/c1cc(Br)ccc1O. The molecule has 2 rings (SSSR count). The molecule has 0 saturated heterocycles. The summed E-state index contributed by atoms with van der Waals surface area (Å²) in [5.74, 6) is -2.17. The molecule has 0 aliphatic rings. The molecule has 0 bridgehead atoms. The molecule has 4 N–H and O–H groups in total. The summed E-state index contributed by atoms with van der Waals surface area (Å²) in [6.45, 7) is 0. The molecule has 26 heavy (non-hydrogen) atoms. The number of phenols is 2.